The lowest BCUT2D eigenvalue weighted by atomic mass is 10.1. The minimum Gasteiger partial charge on any atom is -0.480 e. The van der Waals surface area contributed by atoms with Gasteiger partial charge in [-0.15, -0.1) is 0 Å². The third kappa shape index (κ3) is 5.58. The number of carbonyl (C=O) groups excluding carboxylic acids is 2. The van der Waals surface area contributed by atoms with Gasteiger partial charge in [0.1, 0.15) is 12.1 Å². The molecule has 2 atom stereocenters. The third-order valence-corrected chi connectivity index (χ3v) is 4.26. The molecule has 2 rings (SSSR count). The van der Waals surface area contributed by atoms with Crippen LogP contribution in [0.3, 0.4) is 0 Å². The summed E-state index contributed by atoms with van der Waals surface area (Å²) in [6.07, 6.45) is -1.66. The molecule has 0 saturated carbocycles. The Hall–Kier alpha value is -2.36. The summed E-state index contributed by atoms with van der Waals surface area (Å²) in [5.41, 5.74) is 0.403. The Morgan fingerprint density at radius 2 is 1.92 bits per heavy atom. The Balaban J connectivity index is 1.78. The quantitative estimate of drug-likeness (QED) is 0.377. The van der Waals surface area contributed by atoms with Gasteiger partial charge in [-0.2, -0.15) is 0 Å². The van der Waals surface area contributed by atoms with Crippen molar-refractivity contribution < 1.29 is 24.2 Å². The van der Waals surface area contributed by atoms with Crippen LogP contribution in [0.2, 0.25) is 10.0 Å². The number of nitrogens with one attached hydrogen (secondary N) is 4. The maximum atomic E-state index is 11.9. The standard InChI is InChI=1S/C15H16Cl2N4O5/c16-9-2-1-3-10(17)8(9)5-12(22)20-14(18)21-15(25)26-7-4-11(13(23)24)19-6-7/h1-3,7,11,19H,4-6H2,(H,23,24)(H3,18,20,21,22,25)/t7-,11-/m0/s1. The van der Waals surface area contributed by atoms with E-state index in [-0.39, 0.29) is 19.4 Å². The molecule has 9 nitrogen and oxygen atoms in total. The second-order valence-electron chi connectivity index (χ2n) is 5.49. The largest absolute Gasteiger partial charge is 0.480 e. The fourth-order valence-corrected chi connectivity index (χ4v) is 2.87. The van der Waals surface area contributed by atoms with Crippen molar-refractivity contribution in [1.29, 1.82) is 5.41 Å². The molecular formula is C15H16Cl2N4O5. The maximum Gasteiger partial charge on any atom is 0.414 e. The molecule has 0 aromatic heterocycles. The van der Waals surface area contributed by atoms with E-state index in [2.05, 4.69) is 10.6 Å². The molecule has 1 aromatic carbocycles. The van der Waals surface area contributed by atoms with Gasteiger partial charge in [0.15, 0.2) is 0 Å². The first-order valence-electron chi connectivity index (χ1n) is 7.51. The van der Waals surface area contributed by atoms with Gasteiger partial charge in [-0.25, -0.2) is 4.79 Å². The van der Waals surface area contributed by atoms with Crippen LogP contribution >= 0.6 is 23.2 Å². The number of benzene rings is 1. The van der Waals surface area contributed by atoms with E-state index < -0.39 is 36.1 Å². The predicted molar refractivity (Wildman–Crippen MR) is 93.5 cm³/mol. The molecule has 1 aliphatic rings. The summed E-state index contributed by atoms with van der Waals surface area (Å²) in [4.78, 5) is 34.4. The summed E-state index contributed by atoms with van der Waals surface area (Å²) in [6, 6.07) is 4.01. The Kier molecular flexibility index (Phi) is 6.78. The first-order valence-corrected chi connectivity index (χ1v) is 8.27. The van der Waals surface area contributed by atoms with Gasteiger partial charge >= 0.3 is 12.1 Å². The smallest absolute Gasteiger partial charge is 0.414 e. The number of carbonyl (C=O) groups is 3. The summed E-state index contributed by atoms with van der Waals surface area (Å²) in [5.74, 6) is -2.21. The molecule has 0 spiro atoms. The van der Waals surface area contributed by atoms with Crippen molar-refractivity contribution in [1.82, 2.24) is 16.0 Å². The van der Waals surface area contributed by atoms with E-state index in [0.29, 0.717) is 15.6 Å². The van der Waals surface area contributed by atoms with Gasteiger partial charge in [-0.3, -0.25) is 25.6 Å². The van der Waals surface area contributed by atoms with Gasteiger partial charge in [0, 0.05) is 23.0 Å². The van der Waals surface area contributed by atoms with E-state index in [4.69, 9.17) is 38.5 Å². The summed E-state index contributed by atoms with van der Waals surface area (Å²) in [6.45, 7) is 0.190. The molecule has 2 amide bonds. The summed E-state index contributed by atoms with van der Waals surface area (Å²) < 4.78 is 4.99. The normalized spacial score (nSPS) is 18.8. The van der Waals surface area contributed by atoms with Gasteiger partial charge in [0.2, 0.25) is 11.9 Å². The molecule has 140 valence electrons. The van der Waals surface area contributed by atoms with Crippen LogP contribution in [0.5, 0.6) is 0 Å². The fourth-order valence-electron chi connectivity index (χ4n) is 2.34. The number of aliphatic carboxylic acids is 1. The monoisotopic (exact) mass is 402 g/mol. The molecule has 0 unspecified atom stereocenters. The van der Waals surface area contributed by atoms with Gasteiger partial charge in [0.25, 0.3) is 0 Å². The molecule has 1 saturated heterocycles. The molecule has 1 aromatic rings. The molecule has 11 heteroatoms. The van der Waals surface area contributed by atoms with E-state index in [9.17, 15) is 14.4 Å². The van der Waals surface area contributed by atoms with E-state index in [1.807, 2.05) is 5.32 Å². The number of carboxylic acids is 1. The maximum absolute atomic E-state index is 11.9. The number of ether oxygens (including phenoxy) is 1. The highest BCUT2D eigenvalue weighted by Gasteiger charge is 2.31. The van der Waals surface area contributed by atoms with Crippen LogP contribution in [0, 0.1) is 5.41 Å². The molecule has 26 heavy (non-hydrogen) atoms. The molecule has 0 radical (unpaired) electrons. The van der Waals surface area contributed by atoms with Crippen molar-refractivity contribution in [2.24, 2.45) is 0 Å². The van der Waals surface area contributed by atoms with E-state index in [0.717, 1.165) is 0 Å². The molecular weight excluding hydrogens is 387 g/mol. The number of amides is 2. The van der Waals surface area contributed by atoms with Crippen LogP contribution in [0.25, 0.3) is 0 Å². The van der Waals surface area contributed by atoms with Crippen molar-refractivity contribution in [2.75, 3.05) is 6.54 Å². The van der Waals surface area contributed by atoms with Crippen LogP contribution in [-0.2, 0) is 20.7 Å². The Morgan fingerprint density at radius 3 is 2.50 bits per heavy atom. The molecule has 0 bridgehead atoms. The van der Waals surface area contributed by atoms with Crippen molar-refractivity contribution in [3.05, 3.63) is 33.8 Å². The van der Waals surface area contributed by atoms with Crippen molar-refractivity contribution in [3.8, 4) is 0 Å². The average Bonchev–Trinajstić information content (AvgIpc) is 2.99. The van der Waals surface area contributed by atoms with Crippen molar-refractivity contribution in [2.45, 2.75) is 25.0 Å². The minimum atomic E-state index is -1.03. The number of rotatable bonds is 4. The zero-order valence-electron chi connectivity index (χ0n) is 13.3. The molecule has 5 N–H and O–H groups in total. The fraction of sp³-hybridized carbons (Fsp3) is 0.333. The van der Waals surface area contributed by atoms with Crippen LogP contribution < -0.4 is 16.0 Å². The molecule has 1 aliphatic heterocycles. The Bertz CT molecular complexity index is 722. The van der Waals surface area contributed by atoms with Crippen molar-refractivity contribution in [3.63, 3.8) is 0 Å². The second kappa shape index (κ2) is 8.84. The predicted octanol–water partition coefficient (Wildman–Crippen LogP) is 1.13. The Morgan fingerprint density at radius 1 is 1.27 bits per heavy atom. The summed E-state index contributed by atoms with van der Waals surface area (Å²) >= 11 is 11.9. The molecule has 1 fully saturated rings. The highest BCUT2D eigenvalue weighted by atomic mass is 35.5. The molecule has 1 heterocycles. The van der Waals surface area contributed by atoms with Gasteiger partial charge in [0.05, 0.1) is 6.42 Å². The lowest BCUT2D eigenvalue weighted by Gasteiger charge is -2.13. The van der Waals surface area contributed by atoms with E-state index >= 15 is 0 Å². The number of hydrogen-bond acceptors (Lipinski definition) is 6. The number of guanidine groups is 1. The minimum absolute atomic E-state index is 0.119. The second-order valence-corrected chi connectivity index (χ2v) is 6.30. The van der Waals surface area contributed by atoms with E-state index in [1.54, 1.807) is 18.2 Å². The van der Waals surface area contributed by atoms with Crippen LogP contribution in [-0.4, -0.2) is 47.7 Å². The van der Waals surface area contributed by atoms with Crippen LogP contribution in [0.4, 0.5) is 4.79 Å². The number of carboxylic acid groups (broad SMARTS) is 1. The van der Waals surface area contributed by atoms with Gasteiger partial charge in [-0.05, 0) is 17.7 Å². The topological polar surface area (TPSA) is 141 Å². The van der Waals surface area contributed by atoms with Gasteiger partial charge in [-0.1, -0.05) is 29.3 Å². The Labute approximate surface area is 158 Å². The lowest BCUT2D eigenvalue weighted by Crippen LogP contribution is -2.44. The zero-order chi connectivity index (χ0) is 19.3. The number of halogens is 2. The highest BCUT2D eigenvalue weighted by molar-refractivity contribution is 6.36. The summed E-state index contributed by atoms with van der Waals surface area (Å²) in [5, 5.41) is 24.0. The first kappa shape index (κ1) is 20.0. The third-order valence-electron chi connectivity index (χ3n) is 3.55. The van der Waals surface area contributed by atoms with Gasteiger partial charge < -0.3 is 15.2 Å². The molecule has 0 aliphatic carbocycles. The number of hydrogen-bond donors (Lipinski definition) is 5. The van der Waals surface area contributed by atoms with Crippen molar-refractivity contribution >= 4 is 47.1 Å². The summed E-state index contributed by atoms with van der Waals surface area (Å²) in [7, 11) is 0. The number of alkyl carbamates (subject to hydrolysis) is 1. The highest BCUT2D eigenvalue weighted by Crippen LogP contribution is 2.24. The first-order chi connectivity index (χ1) is 12.3. The SMILES string of the molecule is N=C(NC(=O)Cc1c(Cl)cccc1Cl)NC(=O)O[C@@H]1CN[C@H](C(=O)O)C1. The average molecular weight is 403 g/mol. The van der Waals surface area contributed by atoms with Crippen LogP contribution in [0.1, 0.15) is 12.0 Å². The van der Waals surface area contributed by atoms with Crippen LogP contribution in [0.15, 0.2) is 18.2 Å². The lowest BCUT2D eigenvalue weighted by molar-refractivity contribution is -0.139. The zero-order valence-corrected chi connectivity index (χ0v) is 14.9. The van der Waals surface area contributed by atoms with E-state index in [1.165, 1.54) is 0 Å².